The number of nitriles is 2. The van der Waals surface area contributed by atoms with E-state index in [9.17, 15) is 36.9 Å². The average molecular weight is 593 g/mol. The number of nitrogens with zero attached hydrogens (tertiary/aromatic N) is 5. The summed E-state index contributed by atoms with van der Waals surface area (Å²) in [5.41, 5.74) is -0.628. The molecule has 0 unspecified atom stereocenters. The molecule has 1 amide bonds. The van der Waals surface area contributed by atoms with Gasteiger partial charge in [-0.3, -0.25) is 23.8 Å². The molecule has 206 valence electrons. The Bertz CT molecular complexity index is 2040. The fourth-order valence-corrected chi connectivity index (χ4v) is 4.55. The number of allylic oxidation sites excluding steroid dienone is 4. The van der Waals surface area contributed by atoms with Crippen LogP contribution in [0.4, 0.5) is 5.69 Å². The van der Waals surface area contributed by atoms with Gasteiger partial charge in [-0.15, -0.1) is 0 Å². The second-order valence-electron chi connectivity index (χ2n) is 8.09. The van der Waals surface area contributed by atoms with Gasteiger partial charge in [-0.1, -0.05) is 18.2 Å². The van der Waals surface area contributed by atoms with Crippen molar-refractivity contribution in [3.05, 3.63) is 100 Å². The van der Waals surface area contributed by atoms with Gasteiger partial charge in [0, 0.05) is 0 Å². The Kier molecular flexibility index (Phi) is 7.68. The van der Waals surface area contributed by atoms with Gasteiger partial charge in [-0.05, 0) is 60.7 Å². The molecule has 3 N–H and O–H groups in total. The van der Waals surface area contributed by atoms with Gasteiger partial charge in [-0.2, -0.15) is 37.5 Å². The molecule has 0 saturated heterocycles. The van der Waals surface area contributed by atoms with Crippen molar-refractivity contribution in [1.29, 1.82) is 10.5 Å². The summed E-state index contributed by atoms with van der Waals surface area (Å²) in [6, 6.07) is 13.0. The number of hydrazone groups is 1. The van der Waals surface area contributed by atoms with Crippen LogP contribution in [0.25, 0.3) is 11.8 Å². The number of carbonyl (C=O) groups excluding carboxylic acids is 1. The van der Waals surface area contributed by atoms with Crippen molar-refractivity contribution in [3.8, 4) is 17.8 Å². The second-order valence-corrected chi connectivity index (χ2v) is 10.9. The number of amides is 1. The third kappa shape index (κ3) is 5.96. The van der Waals surface area contributed by atoms with Crippen LogP contribution >= 0.6 is 0 Å². The SMILES string of the molecule is N#CC1=NN(c2ccc(S(=O)(=O)O)cc2)C(=O)C1=CC=CC=Cc1c(C#N)[nH]n(-c2ccc(S(=O)(=O)O)cc2)c1=O. The predicted octanol–water partition coefficient (Wildman–Crippen LogP) is 1.95. The first-order valence-electron chi connectivity index (χ1n) is 11.1. The van der Waals surface area contributed by atoms with Crippen LogP contribution in [0.2, 0.25) is 0 Å². The summed E-state index contributed by atoms with van der Waals surface area (Å²) in [7, 11) is -8.86. The molecule has 0 spiro atoms. The normalized spacial score (nSPS) is 15.0. The summed E-state index contributed by atoms with van der Waals surface area (Å²) < 4.78 is 64.1. The van der Waals surface area contributed by atoms with Crippen molar-refractivity contribution in [2.75, 3.05) is 5.01 Å². The molecule has 0 atom stereocenters. The number of hydrogen-bond acceptors (Lipinski definition) is 9. The lowest BCUT2D eigenvalue weighted by Gasteiger charge is -2.11. The van der Waals surface area contributed by atoms with Crippen molar-refractivity contribution in [3.63, 3.8) is 0 Å². The first-order valence-corrected chi connectivity index (χ1v) is 14.0. The van der Waals surface area contributed by atoms with Crippen molar-refractivity contribution >= 4 is 43.6 Å². The Morgan fingerprint density at radius 3 is 1.88 bits per heavy atom. The molecule has 4 rings (SSSR count). The number of hydrogen-bond donors (Lipinski definition) is 3. The van der Waals surface area contributed by atoms with E-state index in [2.05, 4.69) is 10.2 Å². The zero-order valence-electron chi connectivity index (χ0n) is 20.4. The molecule has 0 radical (unpaired) electrons. The van der Waals surface area contributed by atoms with E-state index >= 15 is 0 Å². The molecule has 16 heteroatoms. The van der Waals surface area contributed by atoms with Crippen molar-refractivity contribution < 1.29 is 30.7 Å². The van der Waals surface area contributed by atoms with Gasteiger partial charge in [-0.25, -0.2) is 4.68 Å². The van der Waals surface area contributed by atoms with E-state index in [0.29, 0.717) is 0 Å². The minimum absolute atomic E-state index is 0.0144. The summed E-state index contributed by atoms with van der Waals surface area (Å²) in [5, 5.41) is 26.3. The van der Waals surface area contributed by atoms with Crippen LogP contribution in [0.15, 0.2) is 98.1 Å². The number of anilines is 1. The Morgan fingerprint density at radius 1 is 0.805 bits per heavy atom. The predicted molar refractivity (Wildman–Crippen MR) is 144 cm³/mol. The Balaban J connectivity index is 1.54. The topological polar surface area (TPSA) is 227 Å². The van der Waals surface area contributed by atoms with Crippen molar-refractivity contribution in [1.82, 2.24) is 9.78 Å². The fourth-order valence-electron chi connectivity index (χ4n) is 3.59. The third-order valence-corrected chi connectivity index (χ3v) is 7.28. The maximum atomic E-state index is 12.9. The molecule has 0 bridgehead atoms. The van der Waals surface area contributed by atoms with E-state index < -0.39 is 31.7 Å². The minimum Gasteiger partial charge on any atom is -0.282 e. The molecule has 1 aliphatic rings. The second kappa shape index (κ2) is 11.0. The van der Waals surface area contributed by atoms with E-state index in [0.717, 1.165) is 34.0 Å². The van der Waals surface area contributed by atoms with Crippen LogP contribution in [0.1, 0.15) is 11.3 Å². The highest BCUT2D eigenvalue weighted by atomic mass is 32.2. The van der Waals surface area contributed by atoms with E-state index in [1.165, 1.54) is 54.6 Å². The maximum Gasteiger partial charge on any atom is 0.294 e. The summed E-state index contributed by atoms with van der Waals surface area (Å²) >= 11 is 0. The number of aromatic nitrogens is 2. The highest BCUT2D eigenvalue weighted by Crippen LogP contribution is 2.25. The summed E-state index contributed by atoms with van der Waals surface area (Å²) in [6.07, 6.45) is 6.86. The standard InChI is InChI=1S/C25H16N6O8S2/c26-14-22-20(24(32)30(28-22)16-6-10-18(11-7-16)40(34,35)36)4-2-1-3-5-21-23(15-27)29-31(25(21)33)17-8-12-19(13-9-17)41(37,38)39/h1-13,28H,(H,34,35,36)(H,37,38,39). The number of benzene rings is 2. The first-order chi connectivity index (χ1) is 19.3. The van der Waals surface area contributed by atoms with Gasteiger partial charge in [0.2, 0.25) is 0 Å². The molecule has 0 fully saturated rings. The van der Waals surface area contributed by atoms with Gasteiger partial charge in [0.15, 0.2) is 5.71 Å². The molecule has 0 saturated carbocycles. The van der Waals surface area contributed by atoms with E-state index in [1.807, 2.05) is 6.07 Å². The zero-order valence-corrected chi connectivity index (χ0v) is 22.0. The van der Waals surface area contributed by atoms with Crippen LogP contribution in [0, 0.1) is 22.7 Å². The lowest BCUT2D eigenvalue weighted by atomic mass is 10.1. The Hall–Kier alpha value is -5.39. The Morgan fingerprint density at radius 2 is 1.37 bits per heavy atom. The molecular weight excluding hydrogens is 576 g/mol. The monoisotopic (exact) mass is 592 g/mol. The lowest BCUT2D eigenvalue weighted by molar-refractivity contribution is -0.114. The van der Waals surface area contributed by atoms with E-state index in [1.54, 1.807) is 6.07 Å². The Labute approximate surface area is 232 Å². The van der Waals surface area contributed by atoms with E-state index in [-0.39, 0.29) is 43.7 Å². The van der Waals surface area contributed by atoms with Crippen LogP contribution in [-0.2, 0) is 25.0 Å². The number of carbonyl (C=O) groups is 1. The molecule has 3 aromatic rings. The maximum absolute atomic E-state index is 12.9. The average Bonchev–Trinajstić information content (AvgIpc) is 3.43. The van der Waals surface area contributed by atoms with Gasteiger partial charge >= 0.3 is 0 Å². The van der Waals surface area contributed by atoms with Crippen LogP contribution < -0.4 is 10.6 Å². The number of rotatable bonds is 7. The third-order valence-electron chi connectivity index (χ3n) is 5.54. The highest BCUT2D eigenvalue weighted by Gasteiger charge is 2.31. The van der Waals surface area contributed by atoms with Crippen molar-refractivity contribution in [2.24, 2.45) is 5.10 Å². The van der Waals surface area contributed by atoms with Crippen molar-refractivity contribution in [2.45, 2.75) is 9.79 Å². The minimum atomic E-state index is -4.43. The molecular formula is C25H16N6O8S2. The molecule has 1 aliphatic heterocycles. The van der Waals surface area contributed by atoms with Gasteiger partial charge in [0.05, 0.1) is 32.3 Å². The molecule has 2 aromatic carbocycles. The van der Waals surface area contributed by atoms with Gasteiger partial charge in [0.25, 0.3) is 31.7 Å². The molecule has 2 heterocycles. The largest absolute Gasteiger partial charge is 0.294 e. The summed E-state index contributed by atoms with van der Waals surface area (Å²) in [4.78, 5) is 24.9. The smallest absolute Gasteiger partial charge is 0.282 e. The number of aromatic amines is 1. The van der Waals surface area contributed by atoms with Crippen LogP contribution in [0.3, 0.4) is 0 Å². The van der Waals surface area contributed by atoms with E-state index in [4.69, 9.17) is 9.11 Å². The quantitative estimate of drug-likeness (QED) is 0.205. The lowest BCUT2D eigenvalue weighted by Crippen LogP contribution is -2.21. The zero-order chi connectivity index (χ0) is 29.9. The van der Waals surface area contributed by atoms with Gasteiger partial charge in [0.1, 0.15) is 17.8 Å². The molecule has 1 aromatic heterocycles. The molecule has 0 aliphatic carbocycles. The molecule has 14 nitrogen and oxygen atoms in total. The number of nitrogens with one attached hydrogen (secondary N) is 1. The molecule has 41 heavy (non-hydrogen) atoms. The van der Waals surface area contributed by atoms with Gasteiger partial charge < -0.3 is 0 Å². The summed E-state index contributed by atoms with van der Waals surface area (Å²) in [6.45, 7) is 0. The highest BCUT2D eigenvalue weighted by molar-refractivity contribution is 7.86. The fraction of sp³-hybridized carbons (Fsp3) is 0. The summed E-state index contributed by atoms with van der Waals surface area (Å²) in [5.74, 6) is -0.671. The first kappa shape index (κ1) is 28.6. The van der Waals surface area contributed by atoms with Crippen LogP contribution in [0.5, 0.6) is 0 Å². The van der Waals surface area contributed by atoms with Crippen LogP contribution in [-0.4, -0.2) is 47.3 Å². The number of H-pyrrole nitrogens is 1.